The Balaban J connectivity index is 2.10. The second-order valence-electron chi connectivity index (χ2n) is 3.76. The molecule has 0 radical (unpaired) electrons. The van der Waals surface area contributed by atoms with Crippen molar-refractivity contribution in [3.05, 3.63) is 23.1 Å². The second-order valence-corrected chi connectivity index (χ2v) is 4.14. The molecule has 0 atom stereocenters. The number of aromatic amines is 1. The van der Waals surface area contributed by atoms with Gasteiger partial charge in [0.2, 0.25) is 0 Å². The zero-order chi connectivity index (χ0) is 9.54. The van der Waals surface area contributed by atoms with Crippen molar-refractivity contribution in [2.75, 3.05) is 0 Å². The Morgan fingerprint density at radius 2 is 2.14 bits per heavy atom. The fourth-order valence-corrected chi connectivity index (χ4v) is 1.91. The Hall–Kier alpha value is -1.09. The SMILES string of the molecule is Clc1ccc2[nH]c(C3CCC3)nc2n1. The lowest BCUT2D eigenvalue weighted by Crippen LogP contribution is -2.10. The number of aromatic nitrogens is 3. The molecule has 0 amide bonds. The Labute approximate surface area is 86.5 Å². The Kier molecular flexibility index (Phi) is 1.74. The average molecular weight is 208 g/mol. The van der Waals surface area contributed by atoms with Crippen molar-refractivity contribution < 1.29 is 0 Å². The van der Waals surface area contributed by atoms with Crippen LogP contribution in [0.4, 0.5) is 0 Å². The molecule has 0 saturated heterocycles. The quantitative estimate of drug-likeness (QED) is 0.731. The molecule has 0 unspecified atom stereocenters. The van der Waals surface area contributed by atoms with E-state index in [0.717, 1.165) is 17.0 Å². The number of pyridine rings is 1. The van der Waals surface area contributed by atoms with Gasteiger partial charge >= 0.3 is 0 Å². The molecule has 72 valence electrons. The molecule has 0 aromatic carbocycles. The molecule has 1 aliphatic carbocycles. The summed E-state index contributed by atoms with van der Waals surface area (Å²) in [6, 6.07) is 3.71. The van der Waals surface area contributed by atoms with Crippen LogP contribution in [0.5, 0.6) is 0 Å². The van der Waals surface area contributed by atoms with Crippen LogP contribution in [0.3, 0.4) is 0 Å². The van der Waals surface area contributed by atoms with E-state index in [0.29, 0.717) is 11.1 Å². The molecule has 3 rings (SSSR count). The van der Waals surface area contributed by atoms with Gasteiger partial charge in [-0.2, -0.15) is 0 Å². The monoisotopic (exact) mass is 207 g/mol. The lowest BCUT2D eigenvalue weighted by molar-refractivity contribution is 0.404. The number of halogens is 1. The first-order valence-corrected chi connectivity index (χ1v) is 5.23. The number of hydrogen-bond acceptors (Lipinski definition) is 2. The van der Waals surface area contributed by atoms with Gasteiger partial charge in [0.25, 0.3) is 0 Å². The van der Waals surface area contributed by atoms with Crippen LogP contribution in [0.15, 0.2) is 12.1 Å². The molecule has 2 aromatic rings. The van der Waals surface area contributed by atoms with Gasteiger partial charge in [0, 0.05) is 5.92 Å². The maximum absolute atomic E-state index is 5.79. The summed E-state index contributed by atoms with van der Waals surface area (Å²) in [4.78, 5) is 11.9. The number of nitrogens with one attached hydrogen (secondary N) is 1. The van der Waals surface area contributed by atoms with Crippen LogP contribution in [-0.4, -0.2) is 15.0 Å². The van der Waals surface area contributed by atoms with Crippen molar-refractivity contribution >= 4 is 22.8 Å². The van der Waals surface area contributed by atoms with E-state index in [-0.39, 0.29) is 0 Å². The van der Waals surface area contributed by atoms with Crippen LogP contribution in [0, 0.1) is 0 Å². The first-order valence-electron chi connectivity index (χ1n) is 4.85. The standard InChI is InChI=1S/C10H10ClN3/c11-8-5-4-7-10(13-8)14-9(12-7)6-2-1-3-6/h4-6H,1-3H2,(H,12,13,14). The van der Waals surface area contributed by atoms with Gasteiger partial charge in [-0.1, -0.05) is 18.0 Å². The van der Waals surface area contributed by atoms with E-state index in [1.165, 1.54) is 19.3 Å². The minimum Gasteiger partial charge on any atom is -0.340 e. The zero-order valence-corrected chi connectivity index (χ0v) is 8.38. The summed E-state index contributed by atoms with van der Waals surface area (Å²) in [6.07, 6.45) is 3.80. The minimum absolute atomic E-state index is 0.504. The van der Waals surface area contributed by atoms with Crippen molar-refractivity contribution in [3.8, 4) is 0 Å². The minimum atomic E-state index is 0.504. The highest BCUT2D eigenvalue weighted by Crippen LogP contribution is 2.35. The molecule has 1 N–H and O–H groups in total. The Bertz CT molecular complexity index is 473. The number of fused-ring (bicyclic) bond motifs is 1. The van der Waals surface area contributed by atoms with E-state index >= 15 is 0 Å². The average Bonchev–Trinajstić information content (AvgIpc) is 2.43. The third-order valence-electron chi connectivity index (χ3n) is 2.82. The molecule has 2 aromatic heterocycles. The van der Waals surface area contributed by atoms with Crippen LogP contribution < -0.4 is 0 Å². The van der Waals surface area contributed by atoms with E-state index < -0.39 is 0 Å². The van der Waals surface area contributed by atoms with E-state index in [9.17, 15) is 0 Å². The second kappa shape index (κ2) is 2.95. The normalized spacial score (nSPS) is 17.2. The van der Waals surface area contributed by atoms with Gasteiger partial charge in [-0.3, -0.25) is 0 Å². The van der Waals surface area contributed by atoms with Crippen LogP contribution in [-0.2, 0) is 0 Å². The zero-order valence-electron chi connectivity index (χ0n) is 7.63. The molecule has 1 fully saturated rings. The number of H-pyrrole nitrogens is 1. The predicted octanol–water partition coefficient (Wildman–Crippen LogP) is 2.88. The first kappa shape index (κ1) is 8.24. The maximum Gasteiger partial charge on any atom is 0.179 e. The summed E-state index contributed by atoms with van der Waals surface area (Å²) in [5.41, 5.74) is 1.72. The highest BCUT2D eigenvalue weighted by molar-refractivity contribution is 6.29. The molecule has 4 heteroatoms. The van der Waals surface area contributed by atoms with Crippen molar-refractivity contribution in [1.82, 2.24) is 15.0 Å². The van der Waals surface area contributed by atoms with Gasteiger partial charge in [-0.15, -0.1) is 0 Å². The molecule has 2 heterocycles. The molecule has 3 nitrogen and oxygen atoms in total. The smallest absolute Gasteiger partial charge is 0.179 e. The molecule has 14 heavy (non-hydrogen) atoms. The van der Waals surface area contributed by atoms with Crippen LogP contribution in [0.1, 0.15) is 31.0 Å². The van der Waals surface area contributed by atoms with E-state index in [1.54, 1.807) is 6.07 Å². The highest BCUT2D eigenvalue weighted by atomic mass is 35.5. The molecule has 1 aliphatic rings. The van der Waals surface area contributed by atoms with Crippen LogP contribution in [0.2, 0.25) is 5.15 Å². The molecule has 0 aliphatic heterocycles. The first-order chi connectivity index (χ1) is 6.83. The maximum atomic E-state index is 5.79. The Morgan fingerprint density at radius 1 is 1.29 bits per heavy atom. The van der Waals surface area contributed by atoms with Gasteiger partial charge < -0.3 is 4.98 Å². The number of imidazole rings is 1. The van der Waals surface area contributed by atoms with Gasteiger partial charge in [0.15, 0.2) is 5.65 Å². The summed E-state index contributed by atoms with van der Waals surface area (Å²) < 4.78 is 0. The fourth-order valence-electron chi connectivity index (χ4n) is 1.76. The summed E-state index contributed by atoms with van der Waals surface area (Å²) in [5, 5.41) is 0.504. The van der Waals surface area contributed by atoms with Crippen molar-refractivity contribution in [3.63, 3.8) is 0 Å². The Morgan fingerprint density at radius 3 is 2.86 bits per heavy atom. The largest absolute Gasteiger partial charge is 0.340 e. The van der Waals surface area contributed by atoms with Crippen LogP contribution in [0.25, 0.3) is 11.2 Å². The van der Waals surface area contributed by atoms with E-state index in [1.807, 2.05) is 6.07 Å². The van der Waals surface area contributed by atoms with Crippen molar-refractivity contribution in [2.24, 2.45) is 0 Å². The van der Waals surface area contributed by atoms with Crippen molar-refractivity contribution in [2.45, 2.75) is 25.2 Å². The van der Waals surface area contributed by atoms with Crippen molar-refractivity contribution in [1.29, 1.82) is 0 Å². The predicted molar refractivity (Wildman–Crippen MR) is 55.5 cm³/mol. The third kappa shape index (κ3) is 1.20. The molecular formula is C10H10ClN3. The van der Waals surface area contributed by atoms with E-state index in [4.69, 9.17) is 11.6 Å². The number of rotatable bonds is 1. The summed E-state index contributed by atoms with van der Waals surface area (Å²) in [7, 11) is 0. The lowest BCUT2D eigenvalue weighted by Gasteiger charge is -2.22. The molecule has 0 bridgehead atoms. The molecule has 1 saturated carbocycles. The topological polar surface area (TPSA) is 41.6 Å². The van der Waals surface area contributed by atoms with Gasteiger partial charge in [-0.25, -0.2) is 9.97 Å². The van der Waals surface area contributed by atoms with Gasteiger partial charge in [0.1, 0.15) is 11.0 Å². The number of nitrogens with zero attached hydrogens (tertiary/aromatic N) is 2. The summed E-state index contributed by atoms with van der Waals surface area (Å²) >= 11 is 5.79. The summed E-state index contributed by atoms with van der Waals surface area (Å²) in [6.45, 7) is 0. The molecular weight excluding hydrogens is 198 g/mol. The van der Waals surface area contributed by atoms with E-state index in [2.05, 4.69) is 15.0 Å². The highest BCUT2D eigenvalue weighted by Gasteiger charge is 2.22. The third-order valence-corrected chi connectivity index (χ3v) is 3.03. The number of hydrogen-bond donors (Lipinski definition) is 1. The van der Waals surface area contributed by atoms with Crippen LogP contribution >= 0.6 is 11.6 Å². The fraction of sp³-hybridized carbons (Fsp3) is 0.400. The summed E-state index contributed by atoms with van der Waals surface area (Å²) in [5.74, 6) is 1.68. The van der Waals surface area contributed by atoms with Gasteiger partial charge in [0.05, 0.1) is 5.52 Å². The van der Waals surface area contributed by atoms with Gasteiger partial charge in [-0.05, 0) is 25.0 Å². The lowest BCUT2D eigenvalue weighted by atomic mass is 9.85. The molecule has 0 spiro atoms.